The van der Waals surface area contributed by atoms with Crippen molar-refractivity contribution in [1.82, 2.24) is 9.80 Å². The lowest BCUT2D eigenvalue weighted by molar-refractivity contribution is 0.0650. The van der Waals surface area contributed by atoms with E-state index in [9.17, 15) is 4.79 Å². The van der Waals surface area contributed by atoms with E-state index >= 15 is 0 Å². The second kappa shape index (κ2) is 13.1. The van der Waals surface area contributed by atoms with Gasteiger partial charge in [0.05, 0.1) is 6.61 Å². The van der Waals surface area contributed by atoms with Crippen molar-refractivity contribution >= 4 is 12.0 Å². The molecule has 0 aromatic heterocycles. The Morgan fingerprint density at radius 1 is 0.892 bits per heavy atom. The summed E-state index contributed by atoms with van der Waals surface area (Å²) in [4.78, 5) is 17.7. The lowest BCUT2D eigenvalue weighted by Crippen LogP contribution is -2.48. The zero-order chi connectivity index (χ0) is 26.0. The molecule has 5 heteroatoms. The smallest absolute Gasteiger partial charge is 0.253 e. The quantitative estimate of drug-likeness (QED) is 0.331. The Kier molecular flexibility index (Phi) is 9.39. The Morgan fingerprint density at radius 3 is 2.35 bits per heavy atom. The first-order chi connectivity index (χ1) is 18.0. The largest absolute Gasteiger partial charge is 0.493 e. The minimum absolute atomic E-state index is 0.0614. The molecule has 1 fully saturated rings. The molecule has 0 unspecified atom stereocenters. The van der Waals surface area contributed by atoms with Crippen molar-refractivity contribution < 1.29 is 14.3 Å². The van der Waals surface area contributed by atoms with Gasteiger partial charge in [0.25, 0.3) is 5.91 Å². The molecule has 194 valence electrons. The first-order valence-electron chi connectivity index (χ1n) is 13.3. The maximum Gasteiger partial charge on any atom is 0.253 e. The summed E-state index contributed by atoms with van der Waals surface area (Å²) in [6, 6.07) is 24.1. The Balaban J connectivity index is 1.38. The molecule has 3 aromatic carbocycles. The summed E-state index contributed by atoms with van der Waals surface area (Å²) < 4.78 is 12.1. The average Bonchev–Trinajstić information content (AvgIpc) is 2.93. The fraction of sp³-hybridized carbons (Fsp3) is 0.344. The number of carbonyl (C=O) groups excluding carboxylic acids is 1. The highest BCUT2D eigenvalue weighted by atomic mass is 16.5. The number of rotatable bonds is 10. The minimum atomic E-state index is 0.0614. The fourth-order valence-corrected chi connectivity index (χ4v) is 4.58. The van der Waals surface area contributed by atoms with E-state index in [-0.39, 0.29) is 5.91 Å². The van der Waals surface area contributed by atoms with Gasteiger partial charge in [0.15, 0.2) is 0 Å². The van der Waals surface area contributed by atoms with Crippen LogP contribution < -0.4 is 9.47 Å². The number of carbonyl (C=O) groups is 1. The van der Waals surface area contributed by atoms with Gasteiger partial charge in [-0.25, -0.2) is 0 Å². The van der Waals surface area contributed by atoms with Crippen LogP contribution in [0.25, 0.3) is 6.08 Å². The zero-order valence-corrected chi connectivity index (χ0v) is 22.2. The maximum absolute atomic E-state index is 13.4. The third-order valence-electron chi connectivity index (χ3n) is 6.66. The van der Waals surface area contributed by atoms with Crippen molar-refractivity contribution in [3.8, 4) is 11.5 Å². The molecule has 0 aliphatic carbocycles. The molecular formula is C32H38N2O3. The molecule has 1 amide bonds. The van der Waals surface area contributed by atoms with Crippen molar-refractivity contribution in [3.63, 3.8) is 0 Å². The predicted octanol–water partition coefficient (Wildman–Crippen LogP) is 6.26. The third kappa shape index (κ3) is 7.23. The number of benzene rings is 3. The number of ether oxygens (including phenoxy) is 2. The lowest BCUT2D eigenvalue weighted by atomic mass is 10.0. The van der Waals surface area contributed by atoms with E-state index in [1.54, 1.807) is 0 Å². The predicted molar refractivity (Wildman–Crippen MR) is 150 cm³/mol. The zero-order valence-electron chi connectivity index (χ0n) is 22.2. The van der Waals surface area contributed by atoms with Crippen molar-refractivity contribution in [3.05, 3.63) is 101 Å². The highest BCUT2D eigenvalue weighted by molar-refractivity contribution is 5.94. The van der Waals surface area contributed by atoms with Gasteiger partial charge in [-0.3, -0.25) is 9.69 Å². The minimum Gasteiger partial charge on any atom is -0.493 e. The van der Waals surface area contributed by atoms with Crippen LogP contribution in [0, 0.1) is 0 Å². The number of hydrogen-bond acceptors (Lipinski definition) is 4. The topological polar surface area (TPSA) is 42.0 Å². The summed E-state index contributed by atoms with van der Waals surface area (Å²) in [6.45, 7) is 11.3. The van der Waals surface area contributed by atoms with Gasteiger partial charge in [-0.1, -0.05) is 74.5 Å². The van der Waals surface area contributed by atoms with Gasteiger partial charge in [-0.05, 0) is 48.2 Å². The number of nitrogens with zero attached hydrogens (tertiary/aromatic N) is 2. The number of hydrogen-bond donors (Lipinski definition) is 0. The highest BCUT2D eigenvalue weighted by Gasteiger charge is 2.22. The fourth-order valence-electron chi connectivity index (χ4n) is 4.58. The van der Waals surface area contributed by atoms with Crippen LogP contribution in [-0.2, 0) is 6.61 Å². The SMILES string of the molecule is CCOc1ccc(C(=O)N2CCN(C/C=C/c3ccccc3)CC2)cc1COc1ccccc1C(C)C. The van der Waals surface area contributed by atoms with Gasteiger partial charge in [0.1, 0.15) is 18.1 Å². The Bertz CT molecular complexity index is 1180. The van der Waals surface area contributed by atoms with E-state index in [0.717, 1.165) is 49.8 Å². The van der Waals surface area contributed by atoms with Crippen LogP contribution in [0.5, 0.6) is 11.5 Å². The molecular weight excluding hydrogens is 460 g/mol. The number of piperazine rings is 1. The standard InChI is InChI=1S/C32H38N2O3/c1-4-36-30-17-16-27(23-28(30)24-37-31-15-9-8-14-29(31)25(2)3)32(35)34-21-19-33(20-22-34)18-10-13-26-11-6-5-7-12-26/h5-17,23,25H,4,18-22,24H2,1-3H3/b13-10+. The molecule has 0 bridgehead atoms. The number of para-hydroxylation sites is 1. The third-order valence-corrected chi connectivity index (χ3v) is 6.66. The van der Waals surface area contributed by atoms with Crippen LogP contribution in [0.1, 0.15) is 53.7 Å². The van der Waals surface area contributed by atoms with E-state index in [2.05, 4.69) is 49.1 Å². The van der Waals surface area contributed by atoms with Crippen LogP contribution in [0.3, 0.4) is 0 Å². The van der Waals surface area contributed by atoms with Crippen LogP contribution in [-0.4, -0.2) is 55.0 Å². The lowest BCUT2D eigenvalue weighted by Gasteiger charge is -2.34. The van der Waals surface area contributed by atoms with Crippen LogP contribution >= 0.6 is 0 Å². The van der Waals surface area contributed by atoms with Crippen LogP contribution in [0.15, 0.2) is 78.9 Å². The Hall–Kier alpha value is -3.57. The molecule has 1 aliphatic heterocycles. The van der Waals surface area contributed by atoms with Crippen molar-refractivity contribution in [2.24, 2.45) is 0 Å². The van der Waals surface area contributed by atoms with Gasteiger partial charge in [0.2, 0.25) is 0 Å². The highest BCUT2D eigenvalue weighted by Crippen LogP contribution is 2.29. The molecule has 1 heterocycles. The number of amides is 1. The van der Waals surface area contributed by atoms with E-state index < -0.39 is 0 Å². The molecule has 3 aromatic rings. The molecule has 1 aliphatic rings. The summed E-state index contributed by atoms with van der Waals surface area (Å²) in [5.74, 6) is 2.06. The molecule has 0 saturated carbocycles. The summed E-state index contributed by atoms with van der Waals surface area (Å²) >= 11 is 0. The molecule has 0 atom stereocenters. The monoisotopic (exact) mass is 498 g/mol. The average molecular weight is 499 g/mol. The van der Waals surface area contributed by atoms with Crippen molar-refractivity contribution in [2.75, 3.05) is 39.3 Å². The molecule has 4 rings (SSSR count). The Morgan fingerprint density at radius 2 is 1.62 bits per heavy atom. The van der Waals surface area contributed by atoms with Gasteiger partial charge >= 0.3 is 0 Å². The van der Waals surface area contributed by atoms with Crippen LogP contribution in [0.4, 0.5) is 0 Å². The molecule has 37 heavy (non-hydrogen) atoms. The summed E-state index contributed by atoms with van der Waals surface area (Å²) in [5, 5.41) is 0. The van der Waals surface area contributed by atoms with Crippen molar-refractivity contribution in [1.29, 1.82) is 0 Å². The summed E-state index contributed by atoms with van der Waals surface area (Å²) in [5.41, 5.74) is 3.94. The van der Waals surface area contributed by atoms with E-state index in [1.165, 1.54) is 11.1 Å². The summed E-state index contributed by atoms with van der Waals surface area (Å²) in [6.07, 6.45) is 4.35. The maximum atomic E-state index is 13.4. The van der Waals surface area contributed by atoms with E-state index in [0.29, 0.717) is 24.7 Å². The van der Waals surface area contributed by atoms with Gasteiger partial charge < -0.3 is 14.4 Å². The molecule has 1 saturated heterocycles. The second-order valence-corrected chi connectivity index (χ2v) is 9.64. The first kappa shape index (κ1) is 26.5. The normalized spacial score (nSPS) is 14.3. The first-order valence-corrected chi connectivity index (χ1v) is 13.3. The van der Waals surface area contributed by atoms with Gasteiger partial charge in [-0.2, -0.15) is 0 Å². The molecule has 5 nitrogen and oxygen atoms in total. The molecule has 0 N–H and O–H groups in total. The van der Waals surface area contributed by atoms with E-state index in [1.807, 2.05) is 66.4 Å². The van der Waals surface area contributed by atoms with E-state index in [4.69, 9.17) is 9.47 Å². The van der Waals surface area contributed by atoms with Crippen LogP contribution in [0.2, 0.25) is 0 Å². The Labute approximate surface area is 221 Å². The van der Waals surface area contributed by atoms with Gasteiger partial charge in [-0.15, -0.1) is 0 Å². The van der Waals surface area contributed by atoms with Gasteiger partial charge in [0, 0.05) is 43.9 Å². The summed E-state index contributed by atoms with van der Waals surface area (Å²) in [7, 11) is 0. The molecule has 0 spiro atoms. The molecule has 0 radical (unpaired) electrons. The van der Waals surface area contributed by atoms with Crippen molar-refractivity contribution in [2.45, 2.75) is 33.3 Å². The second-order valence-electron chi connectivity index (χ2n) is 9.64.